The van der Waals surface area contributed by atoms with E-state index in [0.717, 1.165) is 38.5 Å². The van der Waals surface area contributed by atoms with Crippen LogP contribution in [0.2, 0.25) is 0 Å². The minimum Gasteiger partial charge on any atom is -0.458 e. The first kappa shape index (κ1) is 19.4. The molecule has 3 saturated carbocycles. The van der Waals surface area contributed by atoms with Crippen LogP contribution >= 0.6 is 0 Å². The predicted octanol–water partition coefficient (Wildman–Crippen LogP) is 4.96. The fourth-order valence-electron chi connectivity index (χ4n) is 6.53. The van der Waals surface area contributed by atoms with Crippen LogP contribution in [-0.2, 0) is 19.1 Å². The first-order valence-electron chi connectivity index (χ1n) is 10.3. The summed E-state index contributed by atoms with van der Waals surface area (Å²) in [5, 5.41) is 0. The average Bonchev–Trinajstić information content (AvgIpc) is 2.58. The number of ether oxygens (including phenoxy) is 2. The van der Waals surface area contributed by atoms with E-state index in [1.807, 2.05) is 13.8 Å². The molecule has 0 radical (unpaired) electrons. The lowest BCUT2D eigenvalue weighted by Crippen LogP contribution is -2.67. The number of esters is 2. The molecule has 0 aromatic heterocycles. The lowest BCUT2D eigenvalue weighted by Gasteiger charge is -2.64. The van der Waals surface area contributed by atoms with E-state index in [1.54, 1.807) is 0 Å². The van der Waals surface area contributed by atoms with Crippen molar-refractivity contribution in [2.24, 2.45) is 17.3 Å². The molecule has 26 heavy (non-hydrogen) atoms. The molecule has 0 heterocycles. The van der Waals surface area contributed by atoms with Crippen LogP contribution in [-0.4, -0.2) is 23.1 Å². The highest BCUT2D eigenvalue weighted by Crippen LogP contribution is 2.65. The molecule has 0 N–H and O–H groups in total. The summed E-state index contributed by atoms with van der Waals surface area (Å²) in [6, 6.07) is 0. The molecule has 0 aromatic rings. The summed E-state index contributed by atoms with van der Waals surface area (Å²) in [6.45, 7) is 9.11. The molecule has 0 aliphatic heterocycles. The molecule has 3 fully saturated rings. The predicted molar refractivity (Wildman–Crippen MR) is 100 cm³/mol. The van der Waals surface area contributed by atoms with Crippen molar-refractivity contribution >= 4 is 11.9 Å². The first-order chi connectivity index (χ1) is 12.3. The average molecular weight is 363 g/mol. The summed E-state index contributed by atoms with van der Waals surface area (Å²) in [5.41, 5.74) is -1.53. The molecule has 0 aromatic carbocycles. The van der Waals surface area contributed by atoms with Crippen molar-refractivity contribution in [1.82, 2.24) is 0 Å². The molecule has 0 bridgehead atoms. The Morgan fingerprint density at radius 3 is 2.27 bits per heavy atom. The van der Waals surface area contributed by atoms with E-state index in [1.165, 1.54) is 38.7 Å². The quantitative estimate of drug-likeness (QED) is 0.524. The summed E-state index contributed by atoms with van der Waals surface area (Å²) in [5.74, 6) is 0.668. The molecule has 3 aliphatic rings. The SMILES string of the molecule is C=CC(=O)OC(C)(C)[C@@]12CCCC[C@@]1(OC(C)=O)C[C@@H]1CCCC[C@@H]1C2. The Kier molecular flexibility index (Phi) is 5.24. The Bertz CT molecular complexity index is 581. The van der Waals surface area contributed by atoms with Crippen molar-refractivity contribution in [1.29, 1.82) is 0 Å². The van der Waals surface area contributed by atoms with Crippen LogP contribution in [0.25, 0.3) is 0 Å². The normalized spacial score (nSPS) is 37.0. The third-order valence-corrected chi connectivity index (χ3v) is 7.59. The highest BCUT2D eigenvalue weighted by atomic mass is 16.6. The van der Waals surface area contributed by atoms with Gasteiger partial charge in [-0.15, -0.1) is 0 Å². The number of fused-ring (bicyclic) bond motifs is 2. The highest BCUT2D eigenvalue weighted by molar-refractivity contribution is 5.81. The lowest BCUT2D eigenvalue weighted by molar-refractivity contribution is -0.261. The minimum absolute atomic E-state index is 0.212. The van der Waals surface area contributed by atoms with E-state index in [-0.39, 0.29) is 11.4 Å². The van der Waals surface area contributed by atoms with Gasteiger partial charge in [0.25, 0.3) is 0 Å². The molecular formula is C22H34O4. The molecule has 4 heteroatoms. The smallest absolute Gasteiger partial charge is 0.330 e. The number of hydrogen-bond donors (Lipinski definition) is 0. The maximum absolute atomic E-state index is 12.1. The molecular weight excluding hydrogens is 328 g/mol. The summed E-state index contributed by atoms with van der Waals surface area (Å²) in [7, 11) is 0. The van der Waals surface area contributed by atoms with Crippen LogP contribution in [0, 0.1) is 17.3 Å². The topological polar surface area (TPSA) is 52.6 Å². The Morgan fingerprint density at radius 2 is 1.65 bits per heavy atom. The maximum atomic E-state index is 12.1. The van der Waals surface area contributed by atoms with E-state index in [0.29, 0.717) is 11.8 Å². The molecule has 3 rings (SSSR count). The van der Waals surface area contributed by atoms with E-state index in [9.17, 15) is 9.59 Å². The van der Waals surface area contributed by atoms with Crippen LogP contribution in [0.1, 0.15) is 85.0 Å². The van der Waals surface area contributed by atoms with Crippen molar-refractivity contribution in [3.63, 3.8) is 0 Å². The van der Waals surface area contributed by atoms with Gasteiger partial charge >= 0.3 is 11.9 Å². The van der Waals surface area contributed by atoms with Crippen LogP contribution in [0.5, 0.6) is 0 Å². The van der Waals surface area contributed by atoms with E-state index >= 15 is 0 Å². The van der Waals surface area contributed by atoms with Gasteiger partial charge in [-0.3, -0.25) is 4.79 Å². The molecule has 0 saturated heterocycles. The van der Waals surface area contributed by atoms with Gasteiger partial charge in [0, 0.05) is 18.4 Å². The summed E-state index contributed by atoms with van der Waals surface area (Å²) < 4.78 is 12.1. The van der Waals surface area contributed by atoms with Gasteiger partial charge in [0.05, 0.1) is 0 Å². The van der Waals surface area contributed by atoms with Gasteiger partial charge in [-0.2, -0.15) is 0 Å². The van der Waals surface area contributed by atoms with Gasteiger partial charge in [0.2, 0.25) is 0 Å². The summed E-state index contributed by atoms with van der Waals surface area (Å²) in [6.07, 6.45) is 12.2. The van der Waals surface area contributed by atoms with E-state index in [2.05, 4.69) is 6.58 Å². The minimum atomic E-state index is -0.698. The monoisotopic (exact) mass is 362 g/mol. The van der Waals surface area contributed by atoms with Crippen molar-refractivity contribution < 1.29 is 19.1 Å². The summed E-state index contributed by atoms with van der Waals surface area (Å²) in [4.78, 5) is 24.2. The van der Waals surface area contributed by atoms with Crippen molar-refractivity contribution in [2.75, 3.05) is 0 Å². The molecule has 146 valence electrons. The van der Waals surface area contributed by atoms with Gasteiger partial charge < -0.3 is 9.47 Å². The van der Waals surface area contributed by atoms with Crippen molar-refractivity contribution in [3.05, 3.63) is 12.7 Å². The number of hydrogen-bond acceptors (Lipinski definition) is 4. The fraction of sp³-hybridized carbons (Fsp3) is 0.818. The van der Waals surface area contributed by atoms with Gasteiger partial charge in [0.15, 0.2) is 0 Å². The molecule has 0 spiro atoms. The Labute approximate surface area is 157 Å². The zero-order chi connectivity index (χ0) is 19.0. The zero-order valence-corrected chi connectivity index (χ0v) is 16.6. The molecule has 4 atom stereocenters. The third kappa shape index (κ3) is 3.10. The van der Waals surface area contributed by atoms with Crippen molar-refractivity contribution in [2.45, 2.75) is 96.2 Å². The van der Waals surface area contributed by atoms with Crippen molar-refractivity contribution in [3.8, 4) is 0 Å². The summed E-state index contributed by atoms with van der Waals surface area (Å²) >= 11 is 0. The standard InChI is InChI=1S/C22H34O4/c1-5-19(24)26-20(3,4)21-12-8-9-13-22(21,25-16(2)23)15-18-11-7-6-10-17(18)14-21/h5,17-18H,1,6-15H2,2-4H3/t17-,18+,21+,22-/m1/s1. The van der Waals surface area contributed by atoms with Crippen LogP contribution in [0.3, 0.4) is 0 Å². The third-order valence-electron chi connectivity index (χ3n) is 7.59. The molecule has 0 unspecified atom stereocenters. The van der Waals surface area contributed by atoms with Crippen LogP contribution in [0.4, 0.5) is 0 Å². The zero-order valence-electron chi connectivity index (χ0n) is 16.6. The highest BCUT2D eigenvalue weighted by Gasteiger charge is 2.67. The number of carbonyl (C=O) groups is 2. The van der Waals surface area contributed by atoms with Crippen LogP contribution < -0.4 is 0 Å². The molecule has 3 aliphatic carbocycles. The number of rotatable bonds is 4. The molecule has 0 amide bonds. The van der Waals surface area contributed by atoms with E-state index < -0.39 is 17.2 Å². The molecule has 4 nitrogen and oxygen atoms in total. The Morgan fingerprint density at radius 1 is 1.04 bits per heavy atom. The van der Waals surface area contributed by atoms with Gasteiger partial charge in [-0.1, -0.05) is 38.7 Å². The van der Waals surface area contributed by atoms with Gasteiger partial charge in [0.1, 0.15) is 11.2 Å². The second-order valence-corrected chi connectivity index (χ2v) is 9.23. The largest absolute Gasteiger partial charge is 0.458 e. The maximum Gasteiger partial charge on any atom is 0.330 e. The number of carbonyl (C=O) groups excluding carboxylic acids is 2. The Hall–Kier alpha value is -1.32. The second kappa shape index (κ2) is 7.01. The second-order valence-electron chi connectivity index (χ2n) is 9.23. The van der Waals surface area contributed by atoms with Gasteiger partial charge in [-0.05, 0) is 57.8 Å². The van der Waals surface area contributed by atoms with E-state index in [4.69, 9.17) is 9.47 Å². The Balaban J connectivity index is 2.06. The van der Waals surface area contributed by atoms with Gasteiger partial charge in [-0.25, -0.2) is 4.79 Å². The fourth-order valence-corrected chi connectivity index (χ4v) is 6.53. The lowest BCUT2D eigenvalue weighted by atomic mass is 9.45. The first-order valence-corrected chi connectivity index (χ1v) is 10.3. The van der Waals surface area contributed by atoms with Crippen LogP contribution in [0.15, 0.2) is 12.7 Å².